The molecule has 16 heavy (non-hydrogen) atoms. The lowest BCUT2D eigenvalue weighted by Gasteiger charge is -2.24. The minimum Gasteiger partial charge on any atom is -0.321 e. The highest BCUT2D eigenvalue weighted by Gasteiger charge is 2.34. The standard InChI is InChI=1S/C12H12F2N2/c13-10-6-11(14)9(5-8(10)7-15)12(16)3-1-2-4-12/h5-6H,1-4,16H2. The van der Waals surface area contributed by atoms with E-state index in [-0.39, 0.29) is 11.1 Å². The van der Waals surface area contributed by atoms with E-state index in [2.05, 4.69) is 0 Å². The Hall–Kier alpha value is -1.47. The molecule has 2 rings (SSSR count). The summed E-state index contributed by atoms with van der Waals surface area (Å²) in [6.45, 7) is 0. The van der Waals surface area contributed by atoms with Gasteiger partial charge in [-0.1, -0.05) is 12.8 Å². The number of halogens is 2. The first kappa shape index (κ1) is 11.0. The van der Waals surface area contributed by atoms with Crippen molar-refractivity contribution in [3.05, 3.63) is 34.9 Å². The van der Waals surface area contributed by atoms with Crippen molar-refractivity contribution in [2.45, 2.75) is 31.2 Å². The molecule has 0 aromatic heterocycles. The molecular formula is C12H12F2N2. The summed E-state index contributed by atoms with van der Waals surface area (Å²) in [7, 11) is 0. The Morgan fingerprint density at radius 2 is 1.81 bits per heavy atom. The highest BCUT2D eigenvalue weighted by atomic mass is 19.1. The normalized spacial score (nSPS) is 18.4. The molecule has 0 spiro atoms. The highest BCUT2D eigenvalue weighted by Crippen LogP contribution is 2.38. The summed E-state index contributed by atoms with van der Waals surface area (Å²) < 4.78 is 26.8. The van der Waals surface area contributed by atoms with Crippen LogP contribution in [-0.4, -0.2) is 0 Å². The van der Waals surface area contributed by atoms with Gasteiger partial charge < -0.3 is 5.73 Å². The largest absolute Gasteiger partial charge is 0.321 e. The quantitative estimate of drug-likeness (QED) is 0.793. The summed E-state index contributed by atoms with van der Waals surface area (Å²) in [5, 5.41) is 8.71. The SMILES string of the molecule is N#Cc1cc(C2(N)CCCC2)c(F)cc1F. The highest BCUT2D eigenvalue weighted by molar-refractivity contribution is 5.39. The smallest absolute Gasteiger partial charge is 0.143 e. The second-order valence-electron chi connectivity index (χ2n) is 4.29. The third-order valence-corrected chi connectivity index (χ3v) is 3.21. The second-order valence-corrected chi connectivity index (χ2v) is 4.29. The Kier molecular flexibility index (Phi) is 2.64. The molecule has 2 N–H and O–H groups in total. The molecule has 1 aromatic rings. The average Bonchev–Trinajstić information content (AvgIpc) is 2.66. The second kappa shape index (κ2) is 3.84. The Bertz CT molecular complexity index is 457. The lowest BCUT2D eigenvalue weighted by Crippen LogP contribution is -2.34. The molecule has 1 aromatic carbocycles. The van der Waals surface area contributed by atoms with Crippen molar-refractivity contribution < 1.29 is 8.78 Å². The van der Waals surface area contributed by atoms with E-state index in [0.717, 1.165) is 18.9 Å². The van der Waals surface area contributed by atoms with Crippen molar-refractivity contribution in [1.82, 2.24) is 0 Å². The van der Waals surface area contributed by atoms with Crippen molar-refractivity contribution in [3.63, 3.8) is 0 Å². The van der Waals surface area contributed by atoms with Gasteiger partial charge >= 0.3 is 0 Å². The number of nitrogens with zero attached hydrogens (tertiary/aromatic N) is 1. The third kappa shape index (κ3) is 1.68. The molecule has 4 heteroatoms. The zero-order valence-electron chi connectivity index (χ0n) is 8.76. The molecule has 1 aliphatic carbocycles. The van der Waals surface area contributed by atoms with E-state index in [1.54, 1.807) is 6.07 Å². The van der Waals surface area contributed by atoms with Crippen LogP contribution in [0.15, 0.2) is 12.1 Å². The van der Waals surface area contributed by atoms with E-state index in [9.17, 15) is 8.78 Å². The van der Waals surface area contributed by atoms with Gasteiger partial charge in [-0.05, 0) is 18.9 Å². The van der Waals surface area contributed by atoms with Gasteiger partial charge in [0.15, 0.2) is 0 Å². The fourth-order valence-electron chi connectivity index (χ4n) is 2.29. The molecule has 0 saturated heterocycles. The van der Waals surface area contributed by atoms with Gasteiger partial charge in [0.2, 0.25) is 0 Å². The van der Waals surface area contributed by atoms with Crippen molar-refractivity contribution in [2.75, 3.05) is 0 Å². The molecule has 1 aliphatic rings. The van der Waals surface area contributed by atoms with Gasteiger partial charge in [-0.25, -0.2) is 8.78 Å². The maximum atomic E-state index is 13.6. The van der Waals surface area contributed by atoms with Crippen LogP contribution >= 0.6 is 0 Å². The minimum atomic E-state index is -0.828. The summed E-state index contributed by atoms with van der Waals surface area (Å²) in [5.74, 6) is -1.48. The molecule has 84 valence electrons. The number of hydrogen-bond donors (Lipinski definition) is 1. The van der Waals surface area contributed by atoms with Gasteiger partial charge in [0.05, 0.1) is 5.56 Å². The van der Waals surface area contributed by atoms with Gasteiger partial charge in [-0.15, -0.1) is 0 Å². The first-order valence-corrected chi connectivity index (χ1v) is 5.25. The lowest BCUT2D eigenvalue weighted by atomic mass is 9.88. The van der Waals surface area contributed by atoms with E-state index in [1.807, 2.05) is 0 Å². The molecule has 0 unspecified atom stereocenters. The van der Waals surface area contributed by atoms with Crippen LogP contribution in [0.3, 0.4) is 0 Å². The monoisotopic (exact) mass is 222 g/mol. The predicted molar refractivity (Wildman–Crippen MR) is 55.4 cm³/mol. The molecular weight excluding hydrogens is 210 g/mol. The zero-order valence-corrected chi connectivity index (χ0v) is 8.76. The summed E-state index contributed by atoms with van der Waals surface area (Å²) >= 11 is 0. The molecule has 0 atom stereocenters. The summed E-state index contributed by atoms with van der Waals surface area (Å²) in [4.78, 5) is 0. The van der Waals surface area contributed by atoms with Gasteiger partial charge in [-0.2, -0.15) is 5.26 Å². The topological polar surface area (TPSA) is 49.8 Å². The third-order valence-electron chi connectivity index (χ3n) is 3.21. The van der Waals surface area contributed by atoms with Gasteiger partial charge in [0.25, 0.3) is 0 Å². The predicted octanol–water partition coefficient (Wildman–Crippen LogP) is 2.56. The van der Waals surface area contributed by atoms with E-state index >= 15 is 0 Å². The van der Waals surface area contributed by atoms with Crippen LogP contribution in [0.4, 0.5) is 8.78 Å². The van der Waals surface area contributed by atoms with Crippen LogP contribution in [0.5, 0.6) is 0 Å². The van der Waals surface area contributed by atoms with Crippen LogP contribution in [0.1, 0.15) is 36.8 Å². The van der Waals surface area contributed by atoms with Gasteiger partial charge in [-0.3, -0.25) is 0 Å². The summed E-state index contributed by atoms with van der Waals surface area (Å²) in [5.41, 5.74) is 5.47. The number of nitrogens with two attached hydrogens (primary N) is 1. The lowest BCUT2D eigenvalue weighted by molar-refractivity contribution is 0.429. The number of benzene rings is 1. The van der Waals surface area contributed by atoms with Crippen LogP contribution in [0.25, 0.3) is 0 Å². The molecule has 0 aliphatic heterocycles. The molecule has 0 radical (unpaired) electrons. The number of rotatable bonds is 1. The summed E-state index contributed by atoms with van der Waals surface area (Å²) in [6.07, 6.45) is 3.24. The molecule has 1 saturated carbocycles. The summed E-state index contributed by atoms with van der Waals surface area (Å²) in [6, 6.07) is 3.70. The first-order chi connectivity index (χ1) is 7.57. The number of nitriles is 1. The van der Waals surface area contributed by atoms with Gasteiger partial charge in [0.1, 0.15) is 17.7 Å². The maximum Gasteiger partial charge on any atom is 0.143 e. The van der Waals surface area contributed by atoms with Crippen molar-refractivity contribution in [2.24, 2.45) is 5.73 Å². The van der Waals surface area contributed by atoms with Crippen LogP contribution in [0.2, 0.25) is 0 Å². The minimum absolute atomic E-state index is 0.145. The Labute approximate surface area is 92.7 Å². The molecule has 1 fully saturated rings. The van der Waals surface area contributed by atoms with Crippen molar-refractivity contribution >= 4 is 0 Å². The number of hydrogen-bond acceptors (Lipinski definition) is 2. The Morgan fingerprint density at radius 3 is 2.38 bits per heavy atom. The van der Waals surface area contributed by atoms with E-state index in [4.69, 9.17) is 11.0 Å². The van der Waals surface area contributed by atoms with Crippen LogP contribution in [0, 0.1) is 23.0 Å². The van der Waals surface area contributed by atoms with E-state index < -0.39 is 17.2 Å². The Morgan fingerprint density at radius 1 is 1.19 bits per heavy atom. The van der Waals surface area contributed by atoms with Crippen molar-refractivity contribution in [3.8, 4) is 6.07 Å². The van der Waals surface area contributed by atoms with Crippen LogP contribution in [-0.2, 0) is 5.54 Å². The molecule has 0 bridgehead atoms. The molecule has 0 heterocycles. The van der Waals surface area contributed by atoms with Crippen molar-refractivity contribution in [1.29, 1.82) is 5.26 Å². The first-order valence-electron chi connectivity index (χ1n) is 5.25. The average molecular weight is 222 g/mol. The van der Waals surface area contributed by atoms with Crippen LogP contribution < -0.4 is 5.73 Å². The Balaban J connectivity index is 2.53. The zero-order chi connectivity index (χ0) is 11.8. The van der Waals surface area contributed by atoms with E-state index in [1.165, 1.54) is 6.07 Å². The fraction of sp³-hybridized carbons (Fsp3) is 0.417. The maximum absolute atomic E-state index is 13.6. The molecule has 2 nitrogen and oxygen atoms in total. The van der Waals surface area contributed by atoms with Gasteiger partial charge in [0, 0.05) is 17.2 Å². The fourth-order valence-corrected chi connectivity index (χ4v) is 2.29. The van der Waals surface area contributed by atoms with E-state index in [0.29, 0.717) is 12.8 Å². The molecule has 0 amide bonds.